The number of nitrogens with zero attached hydrogens (tertiary/aromatic N) is 2. The first-order chi connectivity index (χ1) is 27.1. The predicted molar refractivity (Wildman–Crippen MR) is 221 cm³/mol. The Labute approximate surface area is 329 Å². The zero-order valence-corrected chi connectivity index (χ0v) is 32.0. The topological polar surface area (TPSA) is 148 Å². The number of nitrogens with one attached hydrogen (secondary N) is 2. The van der Waals surface area contributed by atoms with E-state index in [2.05, 4.69) is 39.9 Å². The predicted octanol–water partition coefficient (Wildman–Crippen LogP) is 10.4. The van der Waals surface area contributed by atoms with Gasteiger partial charge in [0.2, 0.25) is 0 Å². The Morgan fingerprint density at radius 1 is 0.714 bits per heavy atom. The van der Waals surface area contributed by atoms with E-state index in [1.54, 1.807) is 43.3 Å². The number of benzene rings is 6. The summed E-state index contributed by atoms with van der Waals surface area (Å²) < 4.78 is 41.0. The minimum absolute atomic E-state index is 0.0427. The fourth-order valence-electron chi connectivity index (χ4n) is 7.05. The third-order valence-corrected chi connectivity index (χ3v) is 13.1. The standard InChI is InChI=1S/C43H30N4O6S3/c1-24-10-20-36-38(39(24)56(50,51)52)55-42(47-36)27-15-21-35-37(22-27)54-41(46-35)26-13-18-28(19-14-26)44-40(48)25-11-16-29(17-12-25)45-43(49)53-23-34-32-8-4-2-6-30(32)31-7-3-5-9-33(31)34/h2-22,34H,23H2,1H3,(H,44,48)(H,45,49)(H,50,51,52). The van der Waals surface area contributed by atoms with Crippen molar-refractivity contribution in [2.24, 2.45) is 0 Å². The highest BCUT2D eigenvalue weighted by molar-refractivity contribution is 7.86. The van der Waals surface area contributed by atoms with Crippen LogP contribution >= 0.6 is 22.7 Å². The van der Waals surface area contributed by atoms with Crippen LogP contribution in [0.2, 0.25) is 0 Å². The van der Waals surface area contributed by atoms with Crippen molar-refractivity contribution in [1.29, 1.82) is 0 Å². The summed E-state index contributed by atoms with van der Waals surface area (Å²) in [7, 11) is -4.41. The Hall–Kier alpha value is -6.25. The summed E-state index contributed by atoms with van der Waals surface area (Å²) >= 11 is 2.72. The van der Waals surface area contributed by atoms with Gasteiger partial charge in [0.15, 0.2) is 0 Å². The van der Waals surface area contributed by atoms with E-state index in [1.807, 2.05) is 66.7 Å². The number of carbonyl (C=O) groups excluding carboxylic acids is 2. The maximum atomic E-state index is 13.1. The summed E-state index contributed by atoms with van der Waals surface area (Å²) in [6.07, 6.45) is -0.571. The molecule has 2 amide bonds. The van der Waals surface area contributed by atoms with E-state index in [9.17, 15) is 22.6 Å². The van der Waals surface area contributed by atoms with Gasteiger partial charge in [0.25, 0.3) is 16.0 Å². The number of aromatic nitrogens is 2. The van der Waals surface area contributed by atoms with Gasteiger partial charge in [-0.05, 0) is 108 Å². The van der Waals surface area contributed by atoms with Crippen molar-refractivity contribution >= 4 is 76.6 Å². The highest BCUT2D eigenvalue weighted by Crippen LogP contribution is 2.44. The third-order valence-electron chi connectivity index (χ3n) is 9.73. The lowest BCUT2D eigenvalue weighted by molar-refractivity contribution is 0.102. The summed E-state index contributed by atoms with van der Waals surface area (Å²) in [5, 5.41) is 7.10. The number of ether oxygens (including phenoxy) is 1. The summed E-state index contributed by atoms with van der Waals surface area (Å²) in [5.74, 6) is -0.342. The molecule has 2 aromatic heterocycles. The van der Waals surface area contributed by atoms with Crippen LogP contribution in [-0.2, 0) is 14.9 Å². The van der Waals surface area contributed by atoms with Crippen LogP contribution in [0.25, 0.3) is 52.7 Å². The molecule has 9 rings (SSSR count). The molecule has 2 heterocycles. The molecule has 0 bridgehead atoms. The van der Waals surface area contributed by atoms with E-state index < -0.39 is 16.2 Å². The summed E-state index contributed by atoms with van der Waals surface area (Å²) in [4.78, 5) is 35.2. The minimum Gasteiger partial charge on any atom is -0.448 e. The molecule has 0 radical (unpaired) electrons. The van der Waals surface area contributed by atoms with Crippen molar-refractivity contribution < 1.29 is 27.3 Å². The molecule has 0 aliphatic heterocycles. The first-order valence-corrected chi connectivity index (χ1v) is 20.6. The van der Waals surface area contributed by atoms with Gasteiger partial charge in [0.05, 0.1) is 20.4 Å². The molecule has 0 unspecified atom stereocenters. The van der Waals surface area contributed by atoms with Crippen molar-refractivity contribution in [3.05, 3.63) is 150 Å². The van der Waals surface area contributed by atoms with Crippen molar-refractivity contribution in [1.82, 2.24) is 9.97 Å². The van der Waals surface area contributed by atoms with Gasteiger partial charge < -0.3 is 10.1 Å². The number of thiazole rings is 2. The largest absolute Gasteiger partial charge is 0.448 e. The molecule has 0 saturated heterocycles. The third kappa shape index (κ3) is 6.71. The molecule has 13 heteroatoms. The molecule has 8 aromatic rings. The molecule has 0 spiro atoms. The van der Waals surface area contributed by atoms with Crippen molar-refractivity contribution in [2.45, 2.75) is 17.7 Å². The Kier molecular flexibility index (Phi) is 8.93. The highest BCUT2D eigenvalue weighted by atomic mass is 32.2. The van der Waals surface area contributed by atoms with Crippen LogP contribution in [0.4, 0.5) is 16.2 Å². The van der Waals surface area contributed by atoms with Crippen LogP contribution in [0.5, 0.6) is 0 Å². The monoisotopic (exact) mass is 794 g/mol. The van der Waals surface area contributed by atoms with Crippen LogP contribution in [0.3, 0.4) is 0 Å². The lowest BCUT2D eigenvalue weighted by Crippen LogP contribution is -2.18. The van der Waals surface area contributed by atoms with Gasteiger partial charge in [-0.3, -0.25) is 14.7 Å². The number of hydrogen-bond acceptors (Lipinski definition) is 9. The first kappa shape index (κ1) is 35.5. The van der Waals surface area contributed by atoms with Gasteiger partial charge in [-0.25, -0.2) is 14.8 Å². The molecular weight excluding hydrogens is 765 g/mol. The van der Waals surface area contributed by atoms with Crippen molar-refractivity contribution in [3.63, 3.8) is 0 Å². The maximum Gasteiger partial charge on any atom is 0.411 e. The van der Waals surface area contributed by atoms with E-state index in [0.717, 1.165) is 48.6 Å². The van der Waals surface area contributed by atoms with Gasteiger partial charge >= 0.3 is 6.09 Å². The molecule has 0 atom stereocenters. The number of hydrogen-bond donors (Lipinski definition) is 3. The smallest absolute Gasteiger partial charge is 0.411 e. The fraction of sp³-hybridized carbons (Fsp3) is 0.0698. The molecule has 276 valence electrons. The molecule has 6 aromatic carbocycles. The molecule has 1 aliphatic carbocycles. The van der Waals surface area contributed by atoms with E-state index in [1.165, 1.54) is 22.7 Å². The summed E-state index contributed by atoms with van der Waals surface area (Å²) in [5.41, 5.74) is 9.58. The number of anilines is 2. The summed E-state index contributed by atoms with van der Waals surface area (Å²) in [6, 6.07) is 39.5. The van der Waals surface area contributed by atoms with E-state index in [-0.39, 0.29) is 23.3 Å². The van der Waals surface area contributed by atoms with Crippen molar-refractivity contribution in [2.75, 3.05) is 17.2 Å². The molecule has 0 saturated carbocycles. The molecule has 10 nitrogen and oxygen atoms in total. The van der Waals surface area contributed by atoms with Gasteiger partial charge in [-0.15, -0.1) is 22.7 Å². The molecule has 56 heavy (non-hydrogen) atoms. The second-order valence-electron chi connectivity index (χ2n) is 13.3. The fourth-order valence-corrected chi connectivity index (χ4v) is 10.4. The van der Waals surface area contributed by atoms with E-state index >= 15 is 0 Å². The number of carbonyl (C=O) groups is 2. The average Bonchev–Trinajstić information content (AvgIpc) is 3.91. The molecule has 3 N–H and O–H groups in total. The van der Waals surface area contributed by atoms with Gasteiger partial charge in [-0.1, -0.05) is 54.6 Å². The number of fused-ring (bicyclic) bond motifs is 5. The zero-order valence-electron chi connectivity index (χ0n) is 29.5. The Morgan fingerprint density at radius 2 is 1.30 bits per heavy atom. The normalized spacial score (nSPS) is 12.4. The maximum absolute atomic E-state index is 13.1. The molecular formula is C43H30N4O6S3. The van der Waals surface area contributed by atoms with Crippen LogP contribution in [0.15, 0.2) is 132 Å². The van der Waals surface area contributed by atoms with Crippen LogP contribution in [-0.4, -0.2) is 41.5 Å². The number of aryl methyl sites for hydroxylation is 1. The van der Waals surface area contributed by atoms with Crippen molar-refractivity contribution in [3.8, 4) is 32.3 Å². The van der Waals surface area contributed by atoms with Crippen LogP contribution in [0, 0.1) is 6.92 Å². The second kappa shape index (κ2) is 14.1. The highest BCUT2D eigenvalue weighted by Gasteiger charge is 2.29. The van der Waals surface area contributed by atoms with Crippen LogP contribution < -0.4 is 10.6 Å². The Bertz CT molecular complexity index is 2910. The lowest BCUT2D eigenvalue weighted by atomic mass is 9.98. The Balaban J connectivity index is 0.827. The number of rotatable bonds is 8. The lowest BCUT2D eigenvalue weighted by Gasteiger charge is -2.14. The molecule has 1 aliphatic rings. The van der Waals surface area contributed by atoms with Crippen LogP contribution in [0.1, 0.15) is 33.0 Å². The SMILES string of the molecule is Cc1ccc2nc(-c3ccc4nc(-c5ccc(NC(=O)c6ccc(NC(=O)OCC7c8ccccc8-c8ccccc87)cc6)cc5)sc4c3)sc2c1S(=O)(=O)O. The average molecular weight is 795 g/mol. The van der Waals surface area contributed by atoms with Gasteiger partial charge in [0, 0.05) is 34.0 Å². The number of amides is 2. The van der Waals surface area contributed by atoms with E-state index in [4.69, 9.17) is 9.72 Å². The van der Waals surface area contributed by atoms with Gasteiger partial charge in [0.1, 0.15) is 21.5 Å². The van der Waals surface area contributed by atoms with Gasteiger partial charge in [-0.2, -0.15) is 8.42 Å². The van der Waals surface area contributed by atoms with E-state index in [0.29, 0.717) is 37.7 Å². The quantitative estimate of drug-likeness (QED) is 0.129. The Morgan fingerprint density at radius 3 is 2.00 bits per heavy atom. The first-order valence-electron chi connectivity index (χ1n) is 17.5. The zero-order chi connectivity index (χ0) is 38.6. The minimum atomic E-state index is -4.41. The second-order valence-corrected chi connectivity index (χ2v) is 16.7. The molecule has 0 fully saturated rings. The summed E-state index contributed by atoms with van der Waals surface area (Å²) in [6.45, 7) is 1.84.